The highest BCUT2D eigenvalue weighted by Gasteiger charge is 2.06. The van der Waals surface area contributed by atoms with Crippen LogP contribution in [0.4, 0.5) is 0 Å². The van der Waals surface area contributed by atoms with E-state index in [2.05, 4.69) is 4.72 Å². The molecule has 10 heavy (non-hydrogen) atoms. The zero-order valence-electron chi connectivity index (χ0n) is 5.38. The van der Waals surface area contributed by atoms with Crippen LogP contribution in [0.25, 0.3) is 0 Å². The van der Waals surface area contributed by atoms with Gasteiger partial charge in [0.1, 0.15) is 0 Å². The fraction of sp³-hybridized carbons (Fsp3) is 1.00. The molecule has 0 aliphatic rings. The van der Waals surface area contributed by atoms with Crippen LogP contribution in [0.2, 0.25) is 0 Å². The first-order valence-corrected chi connectivity index (χ1v) is 4.95. The lowest BCUT2D eigenvalue weighted by Gasteiger charge is -2.00. The number of halogens is 1. The second-order valence-corrected chi connectivity index (χ2v) is 3.93. The van der Waals surface area contributed by atoms with E-state index in [1.54, 1.807) is 0 Å². The minimum atomic E-state index is -3.24. The van der Waals surface area contributed by atoms with E-state index in [0.29, 0.717) is 0 Å². The molecule has 0 unspecified atom stereocenters. The van der Waals surface area contributed by atoms with Gasteiger partial charge in [0.05, 0.1) is 12.4 Å². The Morgan fingerprint density at radius 3 is 2.50 bits per heavy atom. The maximum Gasteiger partial charge on any atom is 0.212 e. The molecule has 0 rings (SSSR count). The van der Waals surface area contributed by atoms with Crippen molar-refractivity contribution >= 4 is 21.6 Å². The zero-order chi connectivity index (χ0) is 8.04. The Morgan fingerprint density at radius 1 is 1.50 bits per heavy atom. The van der Waals surface area contributed by atoms with Gasteiger partial charge < -0.3 is 5.11 Å². The second-order valence-electron chi connectivity index (χ2n) is 1.63. The van der Waals surface area contributed by atoms with Gasteiger partial charge in [0.15, 0.2) is 0 Å². The number of hydrogen-bond acceptors (Lipinski definition) is 3. The summed E-state index contributed by atoms with van der Waals surface area (Å²) in [7, 11) is -3.24. The first-order chi connectivity index (χ1) is 4.62. The third kappa shape index (κ3) is 4.99. The minimum Gasteiger partial charge on any atom is -0.395 e. The molecule has 0 aromatic carbocycles. The Balaban J connectivity index is 3.65. The van der Waals surface area contributed by atoms with Gasteiger partial charge in [0, 0.05) is 12.4 Å². The molecule has 4 nitrogen and oxygen atoms in total. The number of aliphatic hydroxyl groups is 1. The number of sulfonamides is 1. The molecular formula is C4H10ClNO3S. The molecule has 0 amide bonds. The van der Waals surface area contributed by atoms with Crippen molar-refractivity contribution in [3.8, 4) is 0 Å². The SMILES string of the molecule is O=S(=O)(CCCl)NCCO. The summed E-state index contributed by atoms with van der Waals surface area (Å²) >= 11 is 5.18. The highest BCUT2D eigenvalue weighted by atomic mass is 35.5. The fourth-order valence-electron chi connectivity index (χ4n) is 0.375. The van der Waals surface area contributed by atoms with Gasteiger partial charge in [-0.15, -0.1) is 11.6 Å². The molecule has 0 spiro atoms. The van der Waals surface area contributed by atoms with Crippen LogP contribution >= 0.6 is 11.6 Å². The number of rotatable bonds is 5. The maximum absolute atomic E-state index is 10.7. The summed E-state index contributed by atoms with van der Waals surface area (Å²) in [6.07, 6.45) is 0. The van der Waals surface area contributed by atoms with Crippen molar-refractivity contribution in [1.82, 2.24) is 4.72 Å². The standard InChI is InChI=1S/C4H10ClNO3S/c5-1-4-10(8,9)6-2-3-7/h6-7H,1-4H2. The van der Waals surface area contributed by atoms with Gasteiger partial charge in [-0.3, -0.25) is 0 Å². The Morgan fingerprint density at radius 2 is 2.10 bits per heavy atom. The first kappa shape index (κ1) is 10.2. The van der Waals surface area contributed by atoms with Crippen molar-refractivity contribution in [2.45, 2.75) is 0 Å². The molecule has 62 valence electrons. The van der Waals surface area contributed by atoms with Gasteiger partial charge in [-0.1, -0.05) is 0 Å². The van der Waals surface area contributed by atoms with Gasteiger partial charge >= 0.3 is 0 Å². The quantitative estimate of drug-likeness (QED) is 0.551. The van der Waals surface area contributed by atoms with Crippen LogP contribution in [-0.2, 0) is 10.0 Å². The number of hydrogen-bond donors (Lipinski definition) is 2. The molecular weight excluding hydrogens is 178 g/mol. The lowest BCUT2D eigenvalue weighted by molar-refractivity contribution is 0.301. The molecule has 0 aliphatic carbocycles. The monoisotopic (exact) mass is 187 g/mol. The van der Waals surface area contributed by atoms with Crippen LogP contribution in [0.1, 0.15) is 0 Å². The van der Waals surface area contributed by atoms with E-state index in [4.69, 9.17) is 16.7 Å². The van der Waals surface area contributed by atoms with E-state index >= 15 is 0 Å². The van der Waals surface area contributed by atoms with Crippen LogP contribution in [0, 0.1) is 0 Å². The van der Waals surface area contributed by atoms with E-state index in [1.165, 1.54) is 0 Å². The molecule has 2 N–H and O–H groups in total. The van der Waals surface area contributed by atoms with Crippen LogP contribution in [-0.4, -0.2) is 38.3 Å². The molecule has 0 bridgehead atoms. The number of alkyl halides is 1. The first-order valence-electron chi connectivity index (χ1n) is 2.76. The average molecular weight is 188 g/mol. The molecule has 0 aromatic rings. The van der Waals surface area contributed by atoms with Gasteiger partial charge in [0.2, 0.25) is 10.0 Å². The van der Waals surface area contributed by atoms with E-state index in [9.17, 15) is 8.42 Å². The van der Waals surface area contributed by atoms with Crippen LogP contribution in [0.3, 0.4) is 0 Å². The summed E-state index contributed by atoms with van der Waals surface area (Å²) in [5, 5.41) is 8.24. The average Bonchev–Trinajstić information content (AvgIpc) is 1.84. The smallest absolute Gasteiger partial charge is 0.212 e. The zero-order valence-corrected chi connectivity index (χ0v) is 6.95. The lowest BCUT2D eigenvalue weighted by Crippen LogP contribution is -2.29. The third-order valence-electron chi connectivity index (χ3n) is 0.780. The highest BCUT2D eigenvalue weighted by molar-refractivity contribution is 7.89. The van der Waals surface area contributed by atoms with Crippen molar-refractivity contribution in [2.24, 2.45) is 0 Å². The van der Waals surface area contributed by atoms with Crippen LogP contribution in [0.5, 0.6) is 0 Å². The van der Waals surface area contributed by atoms with E-state index in [-0.39, 0.29) is 24.8 Å². The van der Waals surface area contributed by atoms with Crippen molar-refractivity contribution in [3.05, 3.63) is 0 Å². The number of aliphatic hydroxyl groups excluding tert-OH is 1. The Hall–Kier alpha value is 0.160. The Labute approximate surface area is 65.2 Å². The Bertz CT molecular complexity index is 167. The summed E-state index contributed by atoms with van der Waals surface area (Å²) < 4.78 is 23.5. The molecule has 0 heterocycles. The molecule has 0 saturated carbocycles. The summed E-state index contributed by atoms with van der Waals surface area (Å²) in [6.45, 7) is -0.138. The largest absolute Gasteiger partial charge is 0.395 e. The molecule has 0 radical (unpaired) electrons. The number of nitrogens with one attached hydrogen (secondary N) is 1. The fourth-order valence-corrected chi connectivity index (χ4v) is 1.73. The van der Waals surface area contributed by atoms with E-state index in [1.807, 2.05) is 0 Å². The van der Waals surface area contributed by atoms with E-state index < -0.39 is 10.0 Å². The van der Waals surface area contributed by atoms with Crippen molar-refractivity contribution < 1.29 is 13.5 Å². The van der Waals surface area contributed by atoms with Crippen molar-refractivity contribution in [1.29, 1.82) is 0 Å². The Kier molecular flexibility index (Phi) is 4.98. The van der Waals surface area contributed by atoms with Gasteiger partial charge in [0.25, 0.3) is 0 Å². The van der Waals surface area contributed by atoms with E-state index in [0.717, 1.165) is 0 Å². The minimum absolute atomic E-state index is 0.0548. The summed E-state index contributed by atoms with van der Waals surface area (Å²) in [6, 6.07) is 0. The summed E-state index contributed by atoms with van der Waals surface area (Å²) in [5.74, 6) is -0.0324. The van der Waals surface area contributed by atoms with Gasteiger partial charge in [-0.25, -0.2) is 13.1 Å². The molecule has 0 aromatic heterocycles. The molecule has 0 aliphatic heterocycles. The normalized spacial score (nSPS) is 11.8. The summed E-state index contributed by atoms with van der Waals surface area (Å²) in [5.41, 5.74) is 0. The predicted octanol–water partition coefficient (Wildman–Crippen LogP) is -0.863. The van der Waals surface area contributed by atoms with Crippen LogP contribution in [0.15, 0.2) is 0 Å². The topological polar surface area (TPSA) is 66.4 Å². The molecule has 0 fully saturated rings. The third-order valence-corrected chi connectivity index (χ3v) is 2.58. The molecule has 0 atom stereocenters. The van der Waals surface area contributed by atoms with Crippen LogP contribution < -0.4 is 4.72 Å². The molecule has 6 heteroatoms. The van der Waals surface area contributed by atoms with Crippen molar-refractivity contribution in [2.75, 3.05) is 24.8 Å². The maximum atomic E-state index is 10.7. The van der Waals surface area contributed by atoms with Gasteiger partial charge in [-0.05, 0) is 0 Å². The molecule has 0 saturated heterocycles. The lowest BCUT2D eigenvalue weighted by atomic mass is 10.8. The highest BCUT2D eigenvalue weighted by Crippen LogP contribution is 1.84. The van der Waals surface area contributed by atoms with Gasteiger partial charge in [-0.2, -0.15) is 0 Å². The predicted molar refractivity (Wildman–Crippen MR) is 39.6 cm³/mol. The summed E-state index contributed by atoms with van der Waals surface area (Å²) in [4.78, 5) is 0. The van der Waals surface area contributed by atoms with Crippen molar-refractivity contribution in [3.63, 3.8) is 0 Å². The second kappa shape index (κ2) is 4.90.